The zero-order valence-electron chi connectivity index (χ0n) is 12.1. The number of fused-ring (bicyclic) bond motifs is 1. The van der Waals surface area contributed by atoms with Gasteiger partial charge in [0, 0.05) is 19.3 Å². The molecule has 1 aromatic carbocycles. The lowest BCUT2D eigenvalue weighted by molar-refractivity contribution is 0.0733. The van der Waals surface area contributed by atoms with E-state index in [1.165, 1.54) is 16.5 Å². The summed E-state index contributed by atoms with van der Waals surface area (Å²) >= 11 is 0. The van der Waals surface area contributed by atoms with Crippen molar-refractivity contribution in [2.45, 2.75) is 40.0 Å². The minimum atomic E-state index is 0.294. The highest BCUT2D eigenvalue weighted by Gasteiger charge is 2.06. The Hall–Kier alpha value is -1.32. The first-order chi connectivity index (χ1) is 9.22. The molecule has 104 valence electrons. The number of nitrogens with zero attached hydrogens (tertiary/aromatic N) is 1. The summed E-state index contributed by atoms with van der Waals surface area (Å²) in [5.41, 5.74) is 2.68. The maximum Gasteiger partial charge on any atom is 0.0649 e. The minimum Gasteiger partial charge on any atom is -0.377 e. The second-order valence-corrected chi connectivity index (χ2v) is 5.06. The van der Waals surface area contributed by atoms with Gasteiger partial charge in [-0.2, -0.15) is 0 Å². The molecule has 3 heteroatoms. The van der Waals surface area contributed by atoms with E-state index < -0.39 is 0 Å². The molecule has 1 heterocycles. The molecule has 2 rings (SSSR count). The molecule has 1 aromatic heterocycles. The fourth-order valence-corrected chi connectivity index (χ4v) is 2.32. The Balaban J connectivity index is 2.18. The van der Waals surface area contributed by atoms with Gasteiger partial charge in [-0.1, -0.05) is 25.1 Å². The Labute approximate surface area is 115 Å². The van der Waals surface area contributed by atoms with Crippen molar-refractivity contribution < 1.29 is 4.74 Å². The minimum absolute atomic E-state index is 0.294. The van der Waals surface area contributed by atoms with E-state index in [0.717, 1.165) is 26.2 Å². The van der Waals surface area contributed by atoms with E-state index in [1.54, 1.807) is 0 Å². The first-order valence-corrected chi connectivity index (χ1v) is 7.11. The first-order valence-electron chi connectivity index (χ1n) is 7.11. The zero-order valence-corrected chi connectivity index (χ0v) is 12.1. The van der Waals surface area contributed by atoms with Crippen molar-refractivity contribution in [2.75, 3.05) is 13.2 Å². The average Bonchev–Trinajstić information content (AvgIpc) is 2.80. The van der Waals surface area contributed by atoms with Crippen LogP contribution in [0.3, 0.4) is 0 Å². The normalized spacial score (nSPS) is 11.6. The molecule has 0 bridgehead atoms. The number of hydrogen-bond donors (Lipinski definition) is 1. The summed E-state index contributed by atoms with van der Waals surface area (Å²) in [7, 11) is 0. The Morgan fingerprint density at radius 3 is 2.84 bits per heavy atom. The lowest BCUT2D eigenvalue weighted by atomic mass is 10.1. The lowest BCUT2D eigenvalue weighted by Gasteiger charge is -2.12. The Bertz CT molecular complexity index is 516. The predicted molar refractivity (Wildman–Crippen MR) is 80.4 cm³/mol. The highest BCUT2D eigenvalue weighted by atomic mass is 16.5. The third-order valence-corrected chi connectivity index (χ3v) is 3.22. The van der Waals surface area contributed by atoms with Crippen LogP contribution in [0.2, 0.25) is 0 Å². The van der Waals surface area contributed by atoms with Crippen molar-refractivity contribution in [1.82, 2.24) is 9.88 Å². The van der Waals surface area contributed by atoms with Crippen LogP contribution in [-0.2, 0) is 17.8 Å². The van der Waals surface area contributed by atoms with Crippen molar-refractivity contribution in [3.8, 4) is 0 Å². The van der Waals surface area contributed by atoms with Gasteiger partial charge in [0.2, 0.25) is 0 Å². The van der Waals surface area contributed by atoms with Crippen molar-refractivity contribution in [2.24, 2.45) is 0 Å². The molecule has 0 aliphatic heterocycles. The van der Waals surface area contributed by atoms with E-state index in [-0.39, 0.29) is 0 Å². The van der Waals surface area contributed by atoms with Crippen LogP contribution in [0.25, 0.3) is 10.9 Å². The van der Waals surface area contributed by atoms with Gasteiger partial charge in [0.25, 0.3) is 0 Å². The summed E-state index contributed by atoms with van der Waals surface area (Å²) in [5, 5.41) is 4.71. The largest absolute Gasteiger partial charge is 0.377 e. The summed E-state index contributed by atoms with van der Waals surface area (Å²) in [4.78, 5) is 0. The summed E-state index contributed by atoms with van der Waals surface area (Å²) < 4.78 is 7.94. The van der Waals surface area contributed by atoms with Crippen molar-refractivity contribution >= 4 is 10.9 Å². The molecule has 0 amide bonds. The van der Waals surface area contributed by atoms with E-state index in [1.807, 2.05) is 0 Å². The van der Waals surface area contributed by atoms with Crippen LogP contribution in [0.1, 0.15) is 26.3 Å². The number of rotatable bonds is 7. The maximum atomic E-state index is 5.65. The van der Waals surface area contributed by atoms with Gasteiger partial charge in [-0.25, -0.2) is 0 Å². The lowest BCUT2D eigenvalue weighted by Crippen LogP contribution is -2.14. The summed E-state index contributed by atoms with van der Waals surface area (Å²) in [5.74, 6) is 0. The predicted octanol–water partition coefficient (Wildman–Crippen LogP) is 3.18. The number of para-hydroxylation sites is 1. The van der Waals surface area contributed by atoms with Gasteiger partial charge in [-0.15, -0.1) is 0 Å². The molecule has 0 unspecified atom stereocenters. The average molecular weight is 260 g/mol. The molecule has 0 fully saturated rings. The van der Waals surface area contributed by atoms with E-state index in [2.05, 4.69) is 61.1 Å². The molecule has 0 saturated carbocycles. The SMILES string of the molecule is CCNCc1cccc2ccn(CCOC(C)C)c12. The molecule has 0 spiro atoms. The van der Waals surface area contributed by atoms with Crippen LogP contribution >= 0.6 is 0 Å². The second-order valence-electron chi connectivity index (χ2n) is 5.06. The highest BCUT2D eigenvalue weighted by molar-refractivity contribution is 5.83. The van der Waals surface area contributed by atoms with Gasteiger partial charge in [0.05, 0.1) is 18.2 Å². The number of aromatic nitrogens is 1. The van der Waals surface area contributed by atoms with Gasteiger partial charge in [0.1, 0.15) is 0 Å². The fraction of sp³-hybridized carbons (Fsp3) is 0.500. The van der Waals surface area contributed by atoms with Crippen LogP contribution in [0.15, 0.2) is 30.5 Å². The number of ether oxygens (including phenoxy) is 1. The Morgan fingerprint density at radius 2 is 2.11 bits per heavy atom. The van der Waals surface area contributed by atoms with Gasteiger partial charge in [-0.3, -0.25) is 0 Å². The molecule has 0 radical (unpaired) electrons. The summed E-state index contributed by atoms with van der Waals surface area (Å²) in [6.07, 6.45) is 2.45. The summed E-state index contributed by atoms with van der Waals surface area (Å²) in [6.45, 7) is 9.86. The quantitative estimate of drug-likeness (QED) is 0.827. The van der Waals surface area contributed by atoms with Gasteiger partial charge < -0.3 is 14.6 Å². The smallest absolute Gasteiger partial charge is 0.0649 e. The topological polar surface area (TPSA) is 26.2 Å². The van der Waals surface area contributed by atoms with Crippen molar-refractivity contribution in [3.05, 3.63) is 36.0 Å². The molecule has 19 heavy (non-hydrogen) atoms. The van der Waals surface area contributed by atoms with Crippen molar-refractivity contribution in [3.63, 3.8) is 0 Å². The molecule has 2 aromatic rings. The van der Waals surface area contributed by atoms with Crippen LogP contribution < -0.4 is 5.32 Å². The van der Waals surface area contributed by atoms with Gasteiger partial charge in [0.15, 0.2) is 0 Å². The standard InChI is InChI=1S/C16H24N2O/c1-4-17-12-15-7-5-6-14-8-9-18(16(14)15)10-11-19-13(2)3/h5-9,13,17H,4,10-12H2,1-3H3. The number of hydrogen-bond acceptors (Lipinski definition) is 2. The molecule has 0 atom stereocenters. The van der Waals surface area contributed by atoms with Crippen LogP contribution in [0.5, 0.6) is 0 Å². The monoisotopic (exact) mass is 260 g/mol. The number of nitrogens with one attached hydrogen (secondary N) is 1. The third-order valence-electron chi connectivity index (χ3n) is 3.22. The van der Waals surface area contributed by atoms with E-state index >= 15 is 0 Å². The Kier molecular flexibility index (Phi) is 5.00. The maximum absolute atomic E-state index is 5.65. The third kappa shape index (κ3) is 3.58. The molecule has 1 N–H and O–H groups in total. The van der Waals surface area contributed by atoms with Crippen LogP contribution in [0, 0.1) is 0 Å². The van der Waals surface area contributed by atoms with Gasteiger partial charge >= 0.3 is 0 Å². The zero-order chi connectivity index (χ0) is 13.7. The Morgan fingerprint density at radius 1 is 1.26 bits per heavy atom. The molecule has 3 nitrogen and oxygen atoms in total. The van der Waals surface area contributed by atoms with E-state index in [0.29, 0.717) is 6.10 Å². The van der Waals surface area contributed by atoms with Gasteiger partial charge in [-0.05, 0) is 37.4 Å². The van der Waals surface area contributed by atoms with Crippen LogP contribution in [-0.4, -0.2) is 23.8 Å². The molecule has 0 aliphatic rings. The molecule has 0 saturated heterocycles. The molecular weight excluding hydrogens is 236 g/mol. The van der Waals surface area contributed by atoms with E-state index in [9.17, 15) is 0 Å². The fourth-order valence-electron chi connectivity index (χ4n) is 2.32. The van der Waals surface area contributed by atoms with Crippen LogP contribution in [0.4, 0.5) is 0 Å². The van der Waals surface area contributed by atoms with Crippen molar-refractivity contribution in [1.29, 1.82) is 0 Å². The van der Waals surface area contributed by atoms with E-state index in [4.69, 9.17) is 4.74 Å². The first kappa shape index (κ1) is 14.1. The number of benzene rings is 1. The highest BCUT2D eigenvalue weighted by Crippen LogP contribution is 2.20. The molecular formula is C16H24N2O. The summed E-state index contributed by atoms with van der Waals surface area (Å²) in [6, 6.07) is 8.68. The molecule has 0 aliphatic carbocycles. The second kappa shape index (κ2) is 6.73.